The highest BCUT2D eigenvalue weighted by atomic mass is 15.3. The fourth-order valence-electron chi connectivity index (χ4n) is 3.49. The van der Waals surface area contributed by atoms with Crippen molar-refractivity contribution in [1.82, 2.24) is 15.1 Å². The monoisotopic (exact) mass is 294 g/mol. The first-order chi connectivity index (χ1) is 10.1. The lowest BCUT2D eigenvalue weighted by atomic mass is 9.93. The average molecular weight is 294 g/mol. The van der Waals surface area contributed by atoms with Crippen LogP contribution in [-0.4, -0.2) is 62.1 Å². The first kappa shape index (κ1) is 16.6. The zero-order valence-corrected chi connectivity index (χ0v) is 14.3. The summed E-state index contributed by atoms with van der Waals surface area (Å²) in [6.07, 6.45) is 8.10. The molecule has 0 aromatic rings. The molecular weight excluding hydrogens is 260 g/mol. The van der Waals surface area contributed by atoms with Gasteiger partial charge in [-0.05, 0) is 50.7 Å². The number of guanidine groups is 1. The molecule has 4 heteroatoms. The van der Waals surface area contributed by atoms with Crippen LogP contribution in [0.5, 0.6) is 0 Å². The van der Waals surface area contributed by atoms with Crippen LogP contribution in [0.2, 0.25) is 0 Å². The third kappa shape index (κ3) is 5.50. The van der Waals surface area contributed by atoms with E-state index in [2.05, 4.69) is 34.0 Å². The Morgan fingerprint density at radius 3 is 2.38 bits per heavy atom. The number of hydrogen-bond acceptors (Lipinski definition) is 2. The summed E-state index contributed by atoms with van der Waals surface area (Å²) in [5.74, 6) is 1.09. The van der Waals surface area contributed by atoms with Crippen molar-refractivity contribution in [2.45, 2.75) is 52.4 Å². The minimum Gasteiger partial charge on any atom is -0.356 e. The quantitative estimate of drug-likeness (QED) is 0.491. The van der Waals surface area contributed by atoms with E-state index in [1.165, 1.54) is 58.2 Å². The number of hydrogen-bond donors (Lipinski definition) is 1. The number of likely N-dealkylation sites (tertiary alicyclic amines) is 2. The van der Waals surface area contributed by atoms with Crippen LogP contribution >= 0.6 is 0 Å². The summed E-state index contributed by atoms with van der Waals surface area (Å²) in [5.41, 5.74) is 0.434. The summed E-state index contributed by atoms with van der Waals surface area (Å²) >= 11 is 0. The molecule has 0 bridgehead atoms. The van der Waals surface area contributed by atoms with Crippen LogP contribution in [0.15, 0.2) is 4.99 Å². The maximum absolute atomic E-state index is 4.45. The van der Waals surface area contributed by atoms with E-state index in [0.717, 1.165) is 25.6 Å². The third-order valence-electron chi connectivity index (χ3n) is 4.82. The van der Waals surface area contributed by atoms with Crippen LogP contribution in [0.3, 0.4) is 0 Å². The van der Waals surface area contributed by atoms with E-state index >= 15 is 0 Å². The van der Waals surface area contributed by atoms with Gasteiger partial charge in [-0.25, -0.2) is 0 Å². The standard InChI is InChI=1S/C17H34N4/c1-17(2)9-14-21(15-17)16(18-3)19-10-8-13-20-11-6-4-5-7-12-20/h4-15H2,1-3H3,(H,18,19). The lowest BCUT2D eigenvalue weighted by Gasteiger charge is -2.24. The maximum atomic E-state index is 4.45. The summed E-state index contributed by atoms with van der Waals surface area (Å²) < 4.78 is 0. The lowest BCUT2D eigenvalue weighted by molar-refractivity contribution is 0.281. The minimum absolute atomic E-state index is 0.434. The van der Waals surface area contributed by atoms with Crippen LogP contribution < -0.4 is 5.32 Å². The van der Waals surface area contributed by atoms with Crippen molar-refractivity contribution in [3.8, 4) is 0 Å². The van der Waals surface area contributed by atoms with Gasteiger partial charge in [0, 0.05) is 26.7 Å². The van der Waals surface area contributed by atoms with Gasteiger partial charge in [0.1, 0.15) is 0 Å². The van der Waals surface area contributed by atoms with Crippen LogP contribution in [0.25, 0.3) is 0 Å². The first-order valence-corrected chi connectivity index (χ1v) is 8.79. The topological polar surface area (TPSA) is 30.9 Å². The van der Waals surface area contributed by atoms with Gasteiger partial charge < -0.3 is 15.1 Å². The lowest BCUT2D eigenvalue weighted by Crippen LogP contribution is -2.41. The molecule has 0 atom stereocenters. The average Bonchev–Trinajstić information content (AvgIpc) is 2.67. The van der Waals surface area contributed by atoms with Crippen molar-refractivity contribution in [1.29, 1.82) is 0 Å². The largest absolute Gasteiger partial charge is 0.356 e. The Labute approximate surface area is 131 Å². The van der Waals surface area contributed by atoms with E-state index in [1.807, 2.05) is 7.05 Å². The van der Waals surface area contributed by atoms with Crippen molar-refractivity contribution in [2.75, 3.05) is 46.3 Å². The van der Waals surface area contributed by atoms with Gasteiger partial charge in [0.2, 0.25) is 0 Å². The molecule has 2 rings (SSSR count). The second-order valence-electron chi connectivity index (χ2n) is 7.42. The van der Waals surface area contributed by atoms with Crippen LogP contribution in [0, 0.1) is 5.41 Å². The predicted octanol–water partition coefficient (Wildman–Crippen LogP) is 2.56. The van der Waals surface area contributed by atoms with Gasteiger partial charge in [-0.2, -0.15) is 0 Å². The van der Waals surface area contributed by atoms with Gasteiger partial charge in [0.15, 0.2) is 5.96 Å². The zero-order chi connectivity index (χ0) is 15.1. The molecule has 0 aliphatic carbocycles. The second-order valence-corrected chi connectivity index (χ2v) is 7.42. The Morgan fingerprint density at radius 1 is 1.10 bits per heavy atom. The molecule has 1 N–H and O–H groups in total. The Morgan fingerprint density at radius 2 is 1.81 bits per heavy atom. The van der Waals surface area contributed by atoms with Gasteiger partial charge in [-0.15, -0.1) is 0 Å². The summed E-state index contributed by atoms with van der Waals surface area (Å²) in [5, 5.41) is 3.55. The Bertz CT molecular complexity index is 330. The number of nitrogens with zero attached hydrogens (tertiary/aromatic N) is 3. The SMILES string of the molecule is CN=C(NCCCN1CCCCCC1)N1CCC(C)(C)C1. The molecule has 2 saturated heterocycles. The second kappa shape index (κ2) is 8.02. The van der Waals surface area contributed by atoms with Crippen molar-refractivity contribution >= 4 is 5.96 Å². The number of rotatable bonds is 4. The van der Waals surface area contributed by atoms with E-state index in [0.29, 0.717) is 5.41 Å². The number of nitrogens with one attached hydrogen (secondary N) is 1. The molecule has 0 radical (unpaired) electrons. The molecule has 0 aromatic heterocycles. The smallest absolute Gasteiger partial charge is 0.193 e. The Kier molecular flexibility index (Phi) is 6.34. The molecule has 2 aliphatic heterocycles. The third-order valence-corrected chi connectivity index (χ3v) is 4.82. The molecule has 0 aromatic carbocycles. The molecule has 0 saturated carbocycles. The van der Waals surface area contributed by atoms with Gasteiger partial charge in [-0.1, -0.05) is 26.7 Å². The van der Waals surface area contributed by atoms with Gasteiger partial charge >= 0.3 is 0 Å². The molecule has 0 unspecified atom stereocenters. The maximum Gasteiger partial charge on any atom is 0.193 e. The minimum atomic E-state index is 0.434. The molecule has 2 fully saturated rings. The molecule has 0 spiro atoms. The molecular formula is C17H34N4. The fourth-order valence-corrected chi connectivity index (χ4v) is 3.49. The van der Waals surface area contributed by atoms with E-state index in [9.17, 15) is 0 Å². The molecule has 122 valence electrons. The highest BCUT2D eigenvalue weighted by Crippen LogP contribution is 2.28. The summed E-state index contributed by atoms with van der Waals surface area (Å²) in [6.45, 7) is 11.8. The highest BCUT2D eigenvalue weighted by molar-refractivity contribution is 5.80. The molecule has 21 heavy (non-hydrogen) atoms. The fraction of sp³-hybridized carbons (Fsp3) is 0.941. The molecule has 4 nitrogen and oxygen atoms in total. The Hall–Kier alpha value is -0.770. The highest BCUT2D eigenvalue weighted by Gasteiger charge is 2.30. The van der Waals surface area contributed by atoms with Gasteiger partial charge in [0.25, 0.3) is 0 Å². The molecule has 2 heterocycles. The summed E-state index contributed by atoms with van der Waals surface area (Å²) in [4.78, 5) is 9.50. The van der Waals surface area contributed by atoms with Crippen molar-refractivity contribution < 1.29 is 0 Å². The van der Waals surface area contributed by atoms with Crippen molar-refractivity contribution in [3.63, 3.8) is 0 Å². The number of aliphatic imine (C=N–C) groups is 1. The van der Waals surface area contributed by atoms with Gasteiger partial charge in [0.05, 0.1) is 0 Å². The summed E-state index contributed by atoms with van der Waals surface area (Å²) in [6, 6.07) is 0. The molecule has 0 amide bonds. The molecule has 2 aliphatic rings. The van der Waals surface area contributed by atoms with Crippen LogP contribution in [0.1, 0.15) is 52.4 Å². The first-order valence-electron chi connectivity index (χ1n) is 8.79. The van der Waals surface area contributed by atoms with E-state index in [1.54, 1.807) is 0 Å². The van der Waals surface area contributed by atoms with Gasteiger partial charge in [-0.3, -0.25) is 4.99 Å². The van der Waals surface area contributed by atoms with Crippen LogP contribution in [-0.2, 0) is 0 Å². The van der Waals surface area contributed by atoms with Crippen molar-refractivity contribution in [2.24, 2.45) is 10.4 Å². The van der Waals surface area contributed by atoms with E-state index < -0.39 is 0 Å². The predicted molar refractivity (Wildman–Crippen MR) is 90.9 cm³/mol. The Balaban J connectivity index is 1.65. The summed E-state index contributed by atoms with van der Waals surface area (Å²) in [7, 11) is 1.91. The zero-order valence-electron chi connectivity index (χ0n) is 14.3. The van der Waals surface area contributed by atoms with Crippen molar-refractivity contribution in [3.05, 3.63) is 0 Å². The van der Waals surface area contributed by atoms with Crippen LogP contribution in [0.4, 0.5) is 0 Å². The van der Waals surface area contributed by atoms with E-state index in [4.69, 9.17) is 0 Å². The normalized spacial score (nSPS) is 24.1. The van der Waals surface area contributed by atoms with E-state index in [-0.39, 0.29) is 0 Å².